The zero-order valence-electron chi connectivity index (χ0n) is 10.5. The first-order valence-corrected chi connectivity index (χ1v) is 6.26. The molecular formula is C12H19N3O3. The lowest BCUT2D eigenvalue weighted by molar-refractivity contribution is 0.184. The van der Waals surface area contributed by atoms with Gasteiger partial charge in [0.2, 0.25) is 11.8 Å². The van der Waals surface area contributed by atoms with Crippen LogP contribution in [0.2, 0.25) is 0 Å². The van der Waals surface area contributed by atoms with Crippen molar-refractivity contribution >= 4 is 5.95 Å². The van der Waals surface area contributed by atoms with Crippen molar-refractivity contribution in [2.75, 3.05) is 24.7 Å². The van der Waals surface area contributed by atoms with Crippen molar-refractivity contribution in [1.29, 1.82) is 0 Å². The third-order valence-corrected chi connectivity index (χ3v) is 2.93. The van der Waals surface area contributed by atoms with Gasteiger partial charge in [0.05, 0.1) is 25.4 Å². The summed E-state index contributed by atoms with van der Waals surface area (Å²) < 4.78 is 5.45. The van der Waals surface area contributed by atoms with E-state index in [2.05, 4.69) is 9.97 Å². The smallest absolute Gasteiger partial charge is 0.229 e. The van der Waals surface area contributed by atoms with Crippen LogP contribution in [0.3, 0.4) is 0 Å². The SMILES string of the molecule is CCCOc1ccnc(N2C[C@@H](O)C[C@H]2CO)n1. The summed E-state index contributed by atoms with van der Waals surface area (Å²) >= 11 is 0. The highest BCUT2D eigenvalue weighted by Crippen LogP contribution is 2.23. The third-order valence-electron chi connectivity index (χ3n) is 2.93. The van der Waals surface area contributed by atoms with E-state index in [1.54, 1.807) is 12.3 Å². The van der Waals surface area contributed by atoms with Crippen LogP contribution in [-0.4, -0.2) is 52.1 Å². The molecule has 0 unspecified atom stereocenters. The van der Waals surface area contributed by atoms with Gasteiger partial charge in [-0.15, -0.1) is 0 Å². The predicted molar refractivity (Wildman–Crippen MR) is 66.7 cm³/mol. The minimum absolute atomic E-state index is 0.0134. The van der Waals surface area contributed by atoms with E-state index in [9.17, 15) is 10.2 Å². The quantitative estimate of drug-likeness (QED) is 0.780. The summed E-state index contributed by atoms with van der Waals surface area (Å²) in [5.74, 6) is 1.03. The molecule has 2 atom stereocenters. The van der Waals surface area contributed by atoms with E-state index in [1.807, 2.05) is 11.8 Å². The topological polar surface area (TPSA) is 78.7 Å². The minimum Gasteiger partial charge on any atom is -0.478 e. The van der Waals surface area contributed by atoms with E-state index < -0.39 is 6.10 Å². The first kappa shape index (κ1) is 13.0. The van der Waals surface area contributed by atoms with Gasteiger partial charge in [0.25, 0.3) is 0 Å². The van der Waals surface area contributed by atoms with Gasteiger partial charge in [0.1, 0.15) is 0 Å². The van der Waals surface area contributed by atoms with Crippen LogP contribution >= 0.6 is 0 Å². The Kier molecular flexibility index (Phi) is 4.33. The van der Waals surface area contributed by atoms with Crippen molar-refractivity contribution in [2.45, 2.75) is 31.9 Å². The lowest BCUT2D eigenvalue weighted by atomic mass is 10.2. The molecule has 0 amide bonds. The second kappa shape index (κ2) is 5.97. The first-order chi connectivity index (χ1) is 8.74. The Morgan fingerprint density at radius 1 is 1.56 bits per heavy atom. The molecule has 0 aromatic carbocycles. The molecule has 1 fully saturated rings. The van der Waals surface area contributed by atoms with Crippen molar-refractivity contribution < 1.29 is 14.9 Å². The molecule has 6 nitrogen and oxygen atoms in total. The largest absolute Gasteiger partial charge is 0.478 e. The first-order valence-electron chi connectivity index (χ1n) is 6.26. The van der Waals surface area contributed by atoms with Crippen LogP contribution < -0.4 is 9.64 Å². The van der Waals surface area contributed by atoms with Gasteiger partial charge in [-0.3, -0.25) is 0 Å². The Bertz CT molecular complexity index is 389. The molecule has 100 valence electrons. The fourth-order valence-electron chi connectivity index (χ4n) is 2.07. The van der Waals surface area contributed by atoms with Crippen LogP contribution in [0.5, 0.6) is 5.88 Å². The summed E-state index contributed by atoms with van der Waals surface area (Å²) in [6.07, 6.45) is 2.65. The number of aliphatic hydroxyl groups is 2. The monoisotopic (exact) mass is 253 g/mol. The van der Waals surface area contributed by atoms with E-state index >= 15 is 0 Å². The summed E-state index contributed by atoms with van der Waals surface area (Å²) in [5, 5.41) is 18.9. The van der Waals surface area contributed by atoms with Gasteiger partial charge in [-0.25, -0.2) is 4.98 Å². The number of aromatic nitrogens is 2. The third kappa shape index (κ3) is 2.88. The van der Waals surface area contributed by atoms with Gasteiger partial charge in [0.15, 0.2) is 0 Å². The molecule has 0 bridgehead atoms. The zero-order chi connectivity index (χ0) is 13.0. The number of ether oxygens (including phenoxy) is 1. The summed E-state index contributed by atoms with van der Waals surface area (Å²) in [7, 11) is 0. The molecule has 0 radical (unpaired) electrons. The number of nitrogens with zero attached hydrogens (tertiary/aromatic N) is 3. The standard InChI is InChI=1S/C12H19N3O3/c1-2-5-18-11-3-4-13-12(14-11)15-7-10(17)6-9(15)8-16/h3-4,9-10,16-17H,2,5-8H2,1H3/t9-,10-/m0/s1. The highest BCUT2D eigenvalue weighted by molar-refractivity contribution is 5.36. The van der Waals surface area contributed by atoms with Crippen LogP contribution in [0.15, 0.2) is 12.3 Å². The lowest BCUT2D eigenvalue weighted by Gasteiger charge is -2.22. The highest BCUT2D eigenvalue weighted by Gasteiger charge is 2.32. The van der Waals surface area contributed by atoms with E-state index in [4.69, 9.17) is 4.74 Å². The summed E-state index contributed by atoms with van der Waals surface area (Å²) in [4.78, 5) is 10.3. The molecule has 2 heterocycles. The Morgan fingerprint density at radius 2 is 2.39 bits per heavy atom. The van der Waals surface area contributed by atoms with Crippen molar-refractivity contribution in [3.63, 3.8) is 0 Å². The average Bonchev–Trinajstić information content (AvgIpc) is 2.78. The molecule has 1 aliphatic heterocycles. The summed E-state index contributed by atoms with van der Waals surface area (Å²) in [6, 6.07) is 1.58. The molecular weight excluding hydrogens is 234 g/mol. The molecule has 2 rings (SSSR count). The van der Waals surface area contributed by atoms with Gasteiger partial charge >= 0.3 is 0 Å². The van der Waals surface area contributed by atoms with Crippen LogP contribution in [0, 0.1) is 0 Å². The highest BCUT2D eigenvalue weighted by atomic mass is 16.5. The number of hydrogen-bond donors (Lipinski definition) is 2. The normalized spacial score (nSPS) is 23.4. The predicted octanol–water partition coefficient (Wildman–Crippen LogP) is 0.197. The maximum absolute atomic E-state index is 9.63. The molecule has 2 N–H and O–H groups in total. The molecule has 0 aliphatic carbocycles. The Labute approximate surface area is 106 Å². The van der Waals surface area contributed by atoms with Gasteiger partial charge in [0, 0.05) is 18.8 Å². The van der Waals surface area contributed by atoms with Gasteiger partial charge in [-0.1, -0.05) is 6.92 Å². The molecule has 6 heteroatoms. The Hall–Kier alpha value is -1.40. The number of anilines is 1. The number of β-amino-alcohol motifs (C(OH)–C–C–N with tert-alkyl or cyclic N) is 1. The lowest BCUT2D eigenvalue weighted by Crippen LogP contribution is -2.33. The molecule has 1 aromatic rings. The zero-order valence-corrected chi connectivity index (χ0v) is 10.5. The van der Waals surface area contributed by atoms with Gasteiger partial charge < -0.3 is 19.8 Å². The Morgan fingerprint density at radius 3 is 3.11 bits per heavy atom. The van der Waals surface area contributed by atoms with Crippen LogP contribution in [0.4, 0.5) is 5.95 Å². The number of aliphatic hydroxyl groups excluding tert-OH is 2. The van der Waals surface area contributed by atoms with Crippen molar-refractivity contribution in [3.8, 4) is 5.88 Å². The fourth-order valence-corrected chi connectivity index (χ4v) is 2.07. The van der Waals surface area contributed by atoms with Crippen molar-refractivity contribution in [1.82, 2.24) is 9.97 Å². The summed E-state index contributed by atoms with van der Waals surface area (Å²) in [6.45, 7) is 3.08. The van der Waals surface area contributed by atoms with Gasteiger partial charge in [-0.2, -0.15) is 4.98 Å². The van der Waals surface area contributed by atoms with E-state index in [0.29, 0.717) is 31.4 Å². The molecule has 1 saturated heterocycles. The van der Waals surface area contributed by atoms with E-state index in [1.165, 1.54) is 0 Å². The number of hydrogen-bond acceptors (Lipinski definition) is 6. The molecule has 1 aromatic heterocycles. The molecule has 0 spiro atoms. The van der Waals surface area contributed by atoms with Crippen LogP contribution in [0.25, 0.3) is 0 Å². The van der Waals surface area contributed by atoms with Crippen molar-refractivity contribution in [2.24, 2.45) is 0 Å². The Balaban J connectivity index is 2.12. The molecule has 0 saturated carbocycles. The van der Waals surface area contributed by atoms with Crippen LogP contribution in [0.1, 0.15) is 19.8 Å². The van der Waals surface area contributed by atoms with E-state index in [-0.39, 0.29) is 12.6 Å². The average molecular weight is 253 g/mol. The second-order valence-corrected chi connectivity index (χ2v) is 4.42. The van der Waals surface area contributed by atoms with E-state index in [0.717, 1.165) is 6.42 Å². The molecule has 1 aliphatic rings. The maximum atomic E-state index is 9.63. The van der Waals surface area contributed by atoms with Crippen molar-refractivity contribution in [3.05, 3.63) is 12.3 Å². The molecule has 18 heavy (non-hydrogen) atoms. The summed E-state index contributed by atoms with van der Waals surface area (Å²) in [5.41, 5.74) is 0. The van der Waals surface area contributed by atoms with Crippen LogP contribution in [-0.2, 0) is 0 Å². The maximum Gasteiger partial charge on any atom is 0.229 e. The minimum atomic E-state index is -0.439. The number of rotatable bonds is 5. The van der Waals surface area contributed by atoms with Gasteiger partial charge in [-0.05, 0) is 12.8 Å². The fraction of sp³-hybridized carbons (Fsp3) is 0.667. The second-order valence-electron chi connectivity index (χ2n) is 4.42.